The van der Waals surface area contributed by atoms with Gasteiger partial charge in [-0.1, -0.05) is 0 Å². The number of nitrogens with zero attached hydrogens (tertiary/aromatic N) is 1. The molecule has 0 aliphatic carbocycles. The van der Waals surface area contributed by atoms with Crippen LogP contribution in [0, 0.1) is 0 Å². The number of hydrogen-bond acceptors (Lipinski definition) is 3. The lowest BCUT2D eigenvalue weighted by atomic mass is 9.99. The van der Waals surface area contributed by atoms with E-state index < -0.39 is 0 Å². The maximum absolute atomic E-state index is 9.13. The quantitative estimate of drug-likeness (QED) is 0.530. The molecule has 0 aromatic heterocycles. The Labute approximate surface area is 66.0 Å². The first-order valence-electron chi connectivity index (χ1n) is 3.91. The molecular weight excluding hydrogens is 140 g/mol. The summed E-state index contributed by atoms with van der Waals surface area (Å²) in [6.07, 6.45) is 4.82. The summed E-state index contributed by atoms with van der Waals surface area (Å²) in [5.41, 5.74) is 2.72. The highest BCUT2D eigenvalue weighted by molar-refractivity contribution is 5.32. The van der Waals surface area contributed by atoms with Crippen molar-refractivity contribution in [3.63, 3.8) is 0 Å². The molecule has 2 rings (SSSR count). The average molecular weight is 152 g/mol. The van der Waals surface area contributed by atoms with Crippen molar-refractivity contribution in [3.8, 4) is 0 Å². The second kappa shape index (κ2) is 2.68. The smallest absolute Gasteiger partial charge is 0.0674 e. The van der Waals surface area contributed by atoms with Gasteiger partial charge in [0.05, 0.1) is 6.54 Å². The molecule has 0 spiro atoms. The van der Waals surface area contributed by atoms with Crippen LogP contribution in [0.4, 0.5) is 0 Å². The molecular formula is C8H12N2O. The first-order chi connectivity index (χ1) is 5.36. The molecule has 0 saturated heterocycles. The van der Waals surface area contributed by atoms with Gasteiger partial charge in [-0.2, -0.15) is 0 Å². The third-order valence-corrected chi connectivity index (χ3v) is 2.16. The maximum Gasteiger partial charge on any atom is 0.0674 e. The van der Waals surface area contributed by atoms with Crippen molar-refractivity contribution in [2.24, 2.45) is 0 Å². The van der Waals surface area contributed by atoms with Crippen molar-refractivity contribution < 1.29 is 5.21 Å². The zero-order chi connectivity index (χ0) is 7.68. The third kappa shape index (κ3) is 1.29. The number of hydroxylamine groups is 2. The molecule has 0 amide bonds. The van der Waals surface area contributed by atoms with Gasteiger partial charge in [-0.25, -0.2) is 0 Å². The second-order valence-electron chi connectivity index (χ2n) is 2.97. The Morgan fingerprint density at radius 2 is 2.45 bits per heavy atom. The molecule has 0 saturated carbocycles. The van der Waals surface area contributed by atoms with E-state index in [9.17, 15) is 0 Å². The molecule has 3 heteroatoms. The van der Waals surface area contributed by atoms with Gasteiger partial charge >= 0.3 is 0 Å². The highest BCUT2D eigenvalue weighted by Gasteiger charge is 2.14. The van der Waals surface area contributed by atoms with Crippen LogP contribution in [0.25, 0.3) is 0 Å². The van der Waals surface area contributed by atoms with Crippen LogP contribution in [-0.2, 0) is 0 Å². The van der Waals surface area contributed by atoms with E-state index in [4.69, 9.17) is 5.21 Å². The van der Waals surface area contributed by atoms with E-state index in [1.54, 1.807) is 6.20 Å². The maximum atomic E-state index is 9.13. The van der Waals surface area contributed by atoms with Crippen LogP contribution in [0.15, 0.2) is 23.4 Å². The van der Waals surface area contributed by atoms with Gasteiger partial charge in [0.25, 0.3) is 0 Å². The summed E-state index contributed by atoms with van der Waals surface area (Å²) < 4.78 is 0. The minimum Gasteiger partial charge on any atom is -0.313 e. The predicted molar refractivity (Wildman–Crippen MR) is 42.1 cm³/mol. The van der Waals surface area contributed by atoms with Crippen molar-refractivity contribution in [2.75, 3.05) is 19.6 Å². The molecule has 0 radical (unpaired) electrons. The summed E-state index contributed by atoms with van der Waals surface area (Å²) in [6.45, 7) is 2.66. The number of hydrogen-bond donors (Lipinski definition) is 2. The largest absolute Gasteiger partial charge is 0.313 e. The lowest BCUT2D eigenvalue weighted by Crippen LogP contribution is -2.32. The van der Waals surface area contributed by atoms with Crippen LogP contribution in [0.5, 0.6) is 0 Å². The zero-order valence-electron chi connectivity index (χ0n) is 6.38. The fourth-order valence-corrected chi connectivity index (χ4v) is 1.54. The van der Waals surface area contributed by atoms with Crippen molar-refractivity contribution in [2.45, 2.75) is 6.42 Å². The van der Waals surface area contributed by atoms with Crippen molar-refractivity contribution in [1.29, 1.82) is 0 Å². The van der Waals surface area contributed by atoms with Crippen LogP contribution < -0.4 is 5.32 Å². The predicted octanol–water partition coefficient (Wildman–Crippen LogP) is 0.495. The summed E-state index contributed by atoms with van der Waals surface area (Å²) in [6, 6.07) is 0. The van der Waals surface area contributed by atoms with Gasteiger partial charge in [0, 0.05) is 12.7 Å². The number of rotatable bonds is 0. The van der Waals surface area contributed by atoms with E-state index in [0.717, 1.165) is 19.5 Å². The van der Waals surface area contributed by atoms with Crippen LogP contribution in [0.2, 0.25) is 0 Å². The van der Waals surface area contributed by atoms with E-state index in [1.165, 1.54) is 16.2 Å². The third-order valence-electron chi connectivity index (χ3n) is 2.16. The van der Waals surface area contributed by atoms with Gasteiger partial charge in [-0.15, -0.1) is 0 Å². The summed E-state index contributed by atoms with van der Waals surface area (Å²) >= 11 is 0. The standard InChI is InChI=1S/C8H12N2O/c11-10-4-2-7-1-3-9-5-8(7)6-10/h2,4,9,11H,1,3,5-6H2. The monoisotopic (exact) mass is 152 g/mol. The molecule has 0 fully saturated rings. The molecule has 0 aromatic carbocycles. The molecule has 60 valence electrons. The van der Waals surface area contributed by atoms with Crippen LogP contribution >= 0.6 is 0 Å². The molecule has 0 atom stereocenters. The van der Waals surface area contributed by atoms with E-state index in [2.05, 4.69) is 5.32 Å². The van der Waals surface area contributed by atoms with Crippen LogP contribution in [0.1, 0.15) is 6.42 Å². The highest BCUT2D eigenvalue weighted by Crippen LogP contribution is 2.18. The van der Waals surface area contributed by atoms with Gasteiger partial charge in [-0.05, 0) is 30.2 Å². The second-order valence-corrected chi connectivity index (χ2v) is 2.97. The Hall–Kier alpha value is -0.800. The topological polar surface area (TPSA) is 35.5 Å². The van der Waals surface area contributed by atoms with Gasteiger partial charge in [0.1, 0.15) is 0 Å². The molecule has 3 nitrogen and oxygen atoms in total. The lowest BCUT2D eigenvalue weighted by Gasteiger charge is -2.26. The van der Waals surface area contributed by atoms with Crippen molar-refractivity contribution in [3.05, 3.63) is 23.4 Å². The van der Waals surface area contributed by atoms with Gasteiger partial charge < -0.3 is 5.32 Å². The summed E-state index contributed by atoms with van der Waals surface area (Å²) in [4.78, 5) is 0. The molecule has 2 heterocycles. The average Bonchev–Trinajstić information content (AvgIpc) is 2.04. The molecule has 2 N–H and O–H groups in total. The summed E-state index contributed by atoms with van der Waals surface area (Å²) in [7, 11) is 0. The Balaban J connectivity index is 2.20. The minimum atomic E-state index is 0.666. The summed E-state index contributed by atoms with van der Waals surface area (Å²) in [5.74, 6) is 0. The SMILES string of the molecule is ON1C=CC2=C(CNCC2)C1. The van der Waals surface area contributed by atoms with Crippen LogP contribution in [-0.4, -0.2) is 29.9 Å². The number of allylic oxidation sites excluding steroid dienone is 1. The molecule has 2 aliphatic heterocycles. The molecule has 0 unspecified atom stereocenters. The Kier molecular flexibility index (Phi) is 1.68. The molecule has 2 aliphatic rings. The Bertz CT molecular complexity index is 220. The van der Waals surface area contributed by atoms with Crippen molar-refractivity contribution in [1.82, 2.24) is 10.4 Å². The van der Waals surface area contributed by atoms with Gasteiger partial charge in [0.2, 0.25) is 0 Å². The first-order valence-corrected chi connectivity index (χ1v) is 3.91. The van der Waals surface area contributed by atoms with E-state index in [-0.39, 0.29) is 0 Å². The first kappa shape index (κ1) is 6.88. The summed E-state index contributed by atoms with van der Waals surface area (Å²) in [5, 5.41) is 13.6. The fourth-order valence-electron chi connectivity index (χ4n) is 1.54. The normalized spacial score (nSPS) is 23.9. The Morgan fingerprint density at radius 1 is 1.55 bits per heavy atom. The van der Waals surface area contributed by atoms with E-state index in [0.29, 0.717) is 6.54 Å². The fraction of sp³-hybridized carbons (Fsp3) is 0.500. The van der Waals surface area contributed by atoms with E-state index in [1.807, 2.05) is 6.08 Å². The highest BCUT2D eigenvalue weighted by atomic mass is 16.5. The van der Waals surface area contributed by atoms with Gasteiger partial charge in [-0.3, -0.25) is 10.3 Å². The molecule has 0 aromatic rings. The van der Waals surface area contributed by atoms with Gasteiger partial charge in [0.15, 0.2) is 0 Å². The Morgan fingerprint density at radius 3 is 3.36 bits per heavy atom. The van der Waals surface area contributed by atoms with E-state index >= 15 is 0 Å². The molecule has 0 bridgehead atoms. The van der Waals surface area contributed by atoms with Crippen LogP contribution in [0.3, 0.4) is 0 Å². The lowest BCUT2D eigenvalue weighted by molar-refractivity contribution is -0.0339. The minimum absolute atomic E-state index is 0.666. The van der Waals surface area contributed by atoms with Crippen molar-refractivity contribution >= 4 is 0 Å². The number of nitrogens with one attached hydrogen (secondary N) is 1. The molecule has 11 heavy (non-hydrogen) atoms. The zero-order valence-corrected chi connectivity index (χ0v) is 6.38.